The van der Waals surface area contributed by atoms with Crippen LogP contribution in [0.15, 0.2) is 12.1 Å². The van der Waals surface area contributed by atoms with Crippen LogP contribution in [0.5, 0.6) is 5.75 Å². The lowest BCUT2D eigenvalue weighted by atomic mass is 9.95. The lowest BCUT2D eigenvalue weighted by Crippen LogP contribution is -2.08. The zero-order valence-corrected chi connectivity index (χ0v) is 16.1. The van der Waals surface area contributed by atoms with E-state index >= 15 is 0 Å². The van der Waals surface area contributed by atoms with Crippen LogP contribution in [0.2, 0.25) is 0 Å². The summed E-state index contributed by atoms with van der Waals surface area (Å²) in [5, 5.41) is 10.5. The van der Waals surface area contributed by atoms with Crippen LogP contribution in [0, 0.1) is 0 Å². The number of phenolic OH excluding ortho intramolecular Hbond substituents is 1. The van der Waals surface area contributed by atoms with E-state index in [1.165, 1.54) is 44.8 Å². The average Bonchev–Trinajstić information content (AvgIpc) is 2.59. The summed E-state index contributed by atoms with van der Waals surface area (Å²) in [4.78, 5) is 20.7. The van der Waals surface area contributed by atoms with Gasteiger partial charge in [0.15, 0.2) is 0 Å². The van der Waals surface area contributed by atoms with Crippen LogP contribution in [-0.2, 0) is 33.8 Å². The summed E-state index contributed by atoms with van der Waals surface area (Å²) in [7, 11) is 1.31. The second kappa shape index (κ2) is 12.8. The van der Waals surface area contributed by atoms with E-state index in [0.717, 1.165) is 37.7 Å². The van der Waals surface area contributed by atoms with E-state index < -0.39 is 5.97 Å². The van der Waals surface area contributed by atoms with Gasteiger partial charge in [-0.15, -0.1) is 0 Å². The van der Waals surface area contributed by atoms with Gasteiger partial charge in [-0.2, -0.15) is 4.89 Å². The molecule has 0 saturated heterocycles. The first kappa shape index (κ1) is 21.5. The monoisotopic (exact) mass is 350 g/mol. The Labute approximate surface area is 152 Å². The van der Waals surface area contributed by atoms with Gasteiger partial charge in [0.05, 0.1) is 13.5 Å². The van der Waals surface area contributed by atoms with Gasteiger partial charge < -0.3 is 5.11 Å². The molecule has 0 bridgehead atoms. The van der Waals surface area contributed by atoms with Crippen LogP contribution in [0.1, 0.15) is 81.9 Å². The van der Waals surface area contributed by atoms with E-state index in [1.54, 1.807) is 0 Å². The first-order chi connectivity index (χ1) is 12.1. The number of carbonyl (C=O) groups excluding carboxylic acids is 1. The summed E-state index contributed by atoms with van der Waals surface area (Å²) >= 11 is 0. The van der Waals surface area contributed by atoms with Crippen LogP contribution in [0.3, 0.4) is 0 Å². The third-order valence-corrected chi connectivity index (χ3v) is 4.46. The van der Waals surface area contributed by atoms with Gasteiger partial charge in [-0.25, -0.2) is 4.79 Å². The molecule has 0 unspecified atom stereocenters. The van der Waals surface area contributed by atoms with E-state index in [4.69, 9.17) is 0 Å². The fourth-order valence-corrected chi connectivity index (χ4v) is 3.08. The fourth-order valence-electron chi connectivity index (χ4n) is 3.08. The van der Waals surface area contributed by atoms with Crippen molar-refractivity contribution >= 4 is 5.97 Å². The SMILES string of the molecule is CCCCCCc1cc(CCCCCC)c(O)c(CC(=O)OOC)c1. The van der Waals surface area contributed by atoms with Gasteiger partial charge in [0.1, 0.15) is 5.75 Å². The number of aromatic hydroxyl groups is 1. The van der Waals surface area contributed by atoms with Crippen molar-refractivity contribution in [3.05, 3.63) is 28.8 Å². The van der Waals surface area contributed by atoms with Crippen LogP contribution < -0.4 is 0 Å². The number of rotatable bonds is 13. The minimum absolute atomic E-state index is 0.0322. The Hall–Kier alpha value is -1.55. The average molecular weight is 350 g/mol. The minimum Gasteiger partial charge on any atom is -0.507 e. The molecule has 0 aromatic heterocycles. The Balaban J connectivity index is 2.85. The molecule has 1 aromatic rings. The molecule has 25 heavy (non-hydrogen) atoms. The van der Waals surface area contributed by atoms with Crippen molar-refractivity contribution in [2.75, 3.05) is 7.11 Å². The summed E-state index contributed by atoms with van der Waals surface area (Å²) in [5.41, 5.74) is 2.78. The second-order valence-electron chi connectivity index (χ2n) is 6.68. The fraction of sp³-hybridized carbons (Fsp3) is 0.667. The molecule has 0 atom stereocenters. The van der Waals surface area contributed by atoms with Crippen molar-refractivity contribution in [2.24, 2.45) is 0 Å². The van der Waals surface area contributed by atoms with Gasteiger partial charge in [0.25, 0.3) is 0 Å². The predicted octanol–water partition coefficient (Wildman–Crippen LogP) is 5.28. The van der Waals surface area contributed by atoms with Crippen molar-refractivity contribution in [3.63, 3.8) is 0 Å². The molecular weight excluding hydrogens is 316 g/mol. The Morgan fingerprint density at radius 2 is 1.52 bits per heavy atom. The lowest BCUT2D eigenvalue weighted by Gasteiger charge is -2.13. The van der Waals surface area contributed by atoms with Crippen LogP contribution in [-0.4, -0.2) is 18.2 Å². The van der Waals surface area contributed by atoms with Gasteiger partial charge in [-0.05, 0) is 36.8 Å². The normalized spacial score (nSPS) is 10.8. The third-order valence-electron chi connectivity index (χ3n) is 4.46. The zero-order valence-electron chi connectivity index (χ0n) is 16.1. The van der Waals surface area contributed by atoms with E-state index in [-0.39, 0.29) is 12.2 Å². The number of unbranched alkanes of at least 4 members (excludes halogenated alkanes) is 6. The maximum Gasteiger partial charge on any atom is 0.346 e. The van der Waals surface area contributed by atoms with E-state index in [1.807, 2.05) is 6.07 Å². The Bertz CT molecular complexity index is 511. The van der Waals surface area contributed by atoms with E-state index in [2.05, 4.69) is 29.7 Å². The highest BCUT2D eigenvalue weighted by atomic mass is 17.2. The highest BCUT2D eigenvalue weighted by Crippen LogP contribution is 2.28. The molecule has 142 valence electrons. The summed E-state index contributed by atoms with van der Waals surface area (Å²) in [6.07, 6.45) is 11.3. The first-order valence-corrected chi connectivity index (χ1v) is 9.69. The Kier molecular flexibility index (Phi) is 11.0. The lowest BCUT2D eigenvalue weighted by molar-refractivity contribution is -0.254. The molecule has 1 N–H and O–H groups in total. The van der Waals surface area contributed by atoms with E-state index in [0.29, 0.717) is 5.56 Å². The van der Waals surface area contributed by atoms with Crippen molar-refractivity contribution < 1.29 is 19.7 Å². The maximum atomic E-state index is 11.7. The molecule has 0 heterocycles. The Morgan fingerprint density at radius 1 is 0.920 bits per heavy atom. The highest BCUT2D eigenvalue weighted by molar-refractivity contribution is 5.73. The van der Waals surface area contributed by atoms with Gasteiger partial charge in [-0.1, -0.05) is 64.5 Å². The van der Waals surface area contributed by atoms with Crippen LogP contribution in [0.4, 0.5) is 0 Å². The maximum absolute atomic E-state index is 11.7. The standard InChI is InChI=1S/C21H34O4/c1-4-6-8-10-12-17-14-18(13-11-9-7-5-2)21(23)19(15-17)16-20(22)25-24-3/h14-15,23H,4-13,16H2,1-3H3. The number of phenols is 1. The molecule has 0 aliphatic heterocycles. The molecule has 0 aliphatic rings. The molecule has 0 amide bonds. The second-order valence-corrected chi connectivity index (χ2v) is 6.68. The van der Waals surface area contributed by atoms with Crippen molar-refractivity contribution in [1.82, 2.24) is 0 Å². The molecule has 0 saturated carbocycles. The predicted molar refractivity (Wildman–Crippen MR) is 101 cm³/mol. The van der Waals surface area contributed by atoms with Crippen molar-refractivity contribution in [1.29, 1.82) is 0 Å². The highest BCUT2D eigenvalue weighted by Gasteiger charge is 2.14. The van der Waals surface area contributed by atoms with Crippen LogP contribution >= 0.6 is 0 Å². The molecule has 0 aliphatic carbocycles. The molecular formula is C21H34O4. The third kappa shape index (κ3) is 8.39. The summed E-state index contributed by atoms with van der Waals surface area (Å²) < 4.78 is 0. The molecule has 4 heteroatoms. The molecule has 4 nitrogen and oxygen atoms in total. The topological polar surface area (TPSA) is 55.8 Å². The molecule has 1 rings (SSSR count). The number of hydrogen-bond donors (Lipinski definition) is 1. The minimum atomic E-state index is -0.488. The first-order valence-electron chi connectivity index (χ1n) is 9.69. The summed E-state index contributed by atoms with van der Waals surface area (Å²) in [5.74, 6) is -0.250. The molecule has 1 aromatic carbocycles. The number of aryl methyl sites for hydroxylation is 2. The van der Waals surface area contributed by atoms with E-state index in [9.17, 15) is 9.90 Å². The molecule has 0 fully saturated rings. The smallest absolute Gasteiger partial charge is 0.346 e. The molecule has 0 spiro atoms. The van der Waals surface area contributed by atoms with Gasteiger partial charge in [-0.3, -0.25) is 4.89 Å². The largest absolute Gasteiger partial charge is 0.507 e. The number of hydrogen-bond acceptors (Lipinski definition) is 4. The van der Waals surface area contributed by atoms with Crippen LogP contribution in [0.25, 0.3) is 0 Å². The molecule has 0 radical (unpaired) electrons. The summed E-state index contributed by atoms with van der Waals surface area (Å²) in [6.45, 7) is 4.39. The number of benzene rings is 1. The quantitative estimate of drug-likeness (QED) is 0.298. The van der Waals surface area contributed by atoms with Crippen molar-refractivity contribution in [2.45, 2.75) is 84.5 Å². The zero-order chi connectivity index (χ0) is 18.5. The number of carbonyl (C=O) groups is 1. The van der Waals surface area contributed by atoms with Gasteiger partial charge in [0.2, 0.25) is 0 Å². The van der Waals surface area contributed by atoms with Crippen molar-refractivity contribution in [3.8, 4) is 5.75 Å². The Morgan fingerprint density at radius 3 is 2.12 bits per heavy atom. The van der Waals surface area contributed by atoms with Gasteiger partial charge in [0, 0.05) is 5.56 Å². The summed E-state index contributed by atoms with van der Waals surface area (Å²) in [6, 6.07) is 4.05. The van der Waals surface area contributed by atoms with Gasteiger partial charge >= 0.3 is 5.97 Å².